The molecule has 0 aliphatic carbocycles. The Morgan fingerprint density at radius 3 is 2.32 bits per heavy atom. The van der Waals surface area contributed by atoms with Crippen molar-refractivity contribution in [2.75, 3.05) is 0 Å². The van der Waals surface area contributed by atoms with Crippen LogP contribution in [0.2, 0.25) is 0 Å². The fourth-order valence-electron chi connectivity index (χ4n) is 2.65. The minimum atomic E-state index is -0.178. The fourth-order valence-corrected chi connectivity index (χ4v) is 2.65. The number of hydrogen-bond acceptors (Lipinski definition) is 4. The second-order valence-electron chi connectivity index (χ2n) is 6.51. The van der Waals surface area contributed by atoms with E-state index in [1.807, 2.05) is 31.5 Å². The van der Waals surface area contributed by atoms with Crippen LogP contribution in [0.1, 0.15) is 58.4 Å². The van der Waals surface area contributed by atoms with Crippen LogP contribution in [0, 0.1) is 5.92 Å². The number of carbonyl (C=O) groups excluding carboxylic acids is 1. The van der Waals surface area contributed by atoms with Crippen molar-refractivity contribution in [2.24, 2.45) is 5.92 Å². The Labute approximate surface area is 150 Å². The molecule has 0 radical (unpaired) electrons. The van der Waals surface area contributed by atoms with Gasteiger partial charge in [-0.15, -0.1) is 0 Å². The molecule has 4 heteroatoms. The molecule has 2 aromatic rings. The van der Waals surface area contributed by atoms with Gasteiger partial charge >= 0.3 is 5.97 Å². The number of unbranched alkanes of at least 4 members (excludes halogenated alkanes) is 2. The third kappa shape index (κ3) is 5.96. The maximum Gasteiger partial charge on any atom is 0.314 e. The smallest absolute Gasteiger partial charge is 0.314 e. The Morgan fingerprint density at radius 1 is 1.04 bits per heavy atom. The number of carbonyl (C=O) groups is 1. The van der Waals surface area contributed by atoms with Gasteiger partial charge in [0.15, 0.2) is 5.82 Å². The molecule has 1 heterocycles. The van der Waals surface area contributed by atoms with Gasteiger partial charge in [0, 0.05) is 18.0 Å². The van der Waals surface area contributed by atoms with Crippen molar-refractivity contribution >= 4 is 5.97 Å². The zero-order chi connectivity index (χ0) is 18.1. The van der Waals surface area contributed by atoms with E-state index in [1.54, 1.807) is 12.1 Å². The van der Waals surface area contributed by atoms with Gasteiger partial charge in [-0.2, -0.15) is 0 Å². The van der Waals surface area contributed by atoms with Gasteiger partial charge in [-0.3, -0.25) is 4.79 Å². The molecular weight excluding hydrogens is 312 g/mol. The highest BCUT2D eigenvalue weighted by molar-refractivity contribution is 5.75. The molecule has 0 fully saturated rings. The molecule has 0 bridgehead atoms. The van der Waals surface area contributed by atoms with Crippen molar-refractivity contribution in [3.05, 3.63) is 42.2 Å². The number of aromatic nitrogens is 2. The van der Waals surface area contributed by atoms with Crippen LogP contribution in [-0.2, 0) is 11.2 Å². The quantitative estimate of drug-likeness (QED) is 0.357. The van der Waals surface area contributed by atoms with E-state index in [4.69, 9.17) is 4.74 Å². The van der Waals surface area contributed by atoms with Gasteiger partial charge in [-0.1, -0.05) is 40.0 Å². The van der Waals surface area contributed by atoms with Crippen molar-refractivity contribution in [1.82, 2.24) is 9.97 Å². The van der Waals surface area contributed by atoms with Crippen LogP contribution in [0.3, 0.4) is 0 Å². The molecule has 1 unspecified atom stereocenters. The summed E-state index contributed by atoms with van der Waals surface area (Å²) in [5, 5.41) is 0. The summed E-state index contributed by atoms with van der Waals surface area (Å²) >= 11 is 0. The molecule has 0 N–H and O–H groups in total. The molecular formula is C21H28N2O2. The normalized spacial score (nSPS) is 12.0. The van der Waals surface area contributed by atoms with Crippen LogP contribution in [0.4, 0.5) is 0 Å². The van der Waals surface area contributed by atoms with Crippen LogP contribution >= 0.6 is 0 Å². The predicted molar refractivity (Wildman–Crippen MR) is 100 cm³/mol. The number of benzene rings is 1. The minimum Gasteiger partial charge on any atom is -0.426 e. The van der Waals surface area contributed by atoms with Crippen LogP contribution in [0.25, 0.3) is 11.4 Å². The molecule has 0 aliphatic heterocycles. The summed E-state index contributed by atoms with van der Waals surface area (Å²) in [6.45, 7) is 6.16. The van der Waals surface area contributed by atoms with Crippen molar-refractivity contribution in [1.29, 1.82) is 0 Å². The number of aryl methyl sites for hydroxylation is 1. The lowest BCUT2D eigenvalue weighted by Gasteiger charge is -2.10. The zero-order valence-electron chi connectivity index (χ0n) is 15.5. The standard InChI is InChI=1S/C21H28N2O2/c1-4-6-7-9-17-14-22-20(23-15-17)18-10-12-19(13-11-18)25-21(24)16(3)8-5-2/h10-16H,4-9H2,1-3H3. The number of hydrogen-bond donors (Lipinski definition) is 0. The molecule has 0 spiro atoms. The number of ether oxygens (including phenoxy) is 1. The van der Waals surface area contributed by atoms with E-state index in [-0.39, 0.29) is 11.9 Å². The van der Waals surface area contributed by atoms with E-state index in [0.717, 1.165) is 24.8 Å². The van der Waals surface area contributed by atoms with Crippen molar-refractivity contribution in [2.45, 2.75) is 59.3 Å². The van der Waals surface area contributed by atoms with Crippen LogP contribution in [0.5, 0.6) is 5.75 Å². The highest BCUT2D eigenvalue weighted by Crippen LogP contribution is 2.21. The largest absolute Gasteiger partial charge is 0.426 e. The lowest BCUT2D eigenvalue weighted by Crippen LogP contribution is -2.17. The van der Waals surface area contributed by atoms with Gasteiger partial charge in [0.2, 0.25) is 0 Å². The van der Waals surface area contributed by atoms with Gasteiger partial charge in [-0.25, -0.2) is 9.97 Å². The van der Waals surface area contributed by atoms with E-state index < -0.39 is 0 Å². The zero-order valence-corrected chi connectivity index (χ0v) is 15.5. The van der Waals surface area contributed by atoms with E-state index in [9.17, 15) is 4.79 Å². The van der Waals surface area contributed by atoms with Crippen LogP contribution in [0.15, 0.2) is 36.7 Å². The fraction of sp³-hybridized carbons (Fsp3) is 0.476. The molecule has 0 saturated carbocycles. The number of esters is 1. The molecule has 0 aliphatic rings. The summed E-state index contributed by atoms with van der Waals surface area (Å²) in [6.07, 6.45) is 10.3. The van der Waals surface area contributed by atoms with E-state index in [1.165, 1.54) is 24.8 Å². The monoisotopic (exact) mass is 340 g/mol. The molecule has 4 nitrogen and oxygen atoms in total. The number of rotatable bonds is 9. The average Bonchev–Trinajstić information content (AvgIpc) is 2.63. The highest BCUT2D eigenvalue weighted by atomic mass is 16.5. The van der Waals surface area contributed by atoms with Crippen molar-refractivity contribution < 1.29 is 9.53 Å². The lowest BCUT2D eigenvalue weighted by molar-refractivity contribution is -0.138. The number of nitrogens with zero attached hydrogens (tertiary/aromatic N) is 2. The summed E-state index contributed by atoms with van der Waals surface area (Å²) in [7, 11) is 0. The third-order valence-electron chi connectivity index (χ3n) is 4.23. The maximum atomic E-state index is 12.0. The average molecular weight is 340 g/mol. The van der Waals surface area contributed by atoms with E-state index in [2.05, 4.69) is 23.8 Å². The van der Waals surface area contributed by atoms with Crippen molar-refractivity contribution in [3.8, 4) is 17.1 Å². The Kier molecular flexibility index (Phi) is 7.58. The summed E-state index contributed by atoms with van der Waals surface area (Å²) in [4.78, 5) is 20.9. The first-order chi connectivity index (χ1) is 12.1. The lowest BCUT2D eigenvalue weighted by atomic mass is 10.1. The summed E-state index contributed by atoms with van der Waals surface area (Å²) in [6, 6.07) is 7.37. The molecule has 0 saturated heterocycles. The maximum absolute atomic E-state index is 12.0. The summed E-state index contributed by atoms with van der Waals surface area (Å²) in [5.74, 6) is 1.000. The SMILES string of the molecule is CCCCCc1cnc(-c2ccc(OC(=O)C(C)CCC)cc2)nc1. The van der Waals surface area contributed by atoms with Crippen LogP contribution < -0.4 is 4.74 Å². The molecule has 25 heavy (non-hydrogen) atoms. The van der Waals surface area contributed by atoms with Crippen molar-refractivity contribution in [3.63, 3.8) is 0 Å². The van der Waals surface area contributed by atoms with E-state index >= 15 is 0 Å². The second kappa shape index (κ2) is 9.92. The Morgan fingerprint density at radius 2 is 1.72 bits per heavy atom. The Hall–Kier alpha value is -2.23. The molecule has 134 valence electrons. The summed E-state index contributed by atoms with van der Waals surface area (Å²) in [5.41, 5.74) is 2.09. The summed E-state index contributed by atoms with van der Waals surface area (Å²) < 4.78 is 5.41. The van der Waals surface area contributed by atoms with Gasteiger partial charge in [0.25, 0.3) is 0 Å². The van der Waals surface area contributed by atoms with Gasteiger partial charge in [0.1, 0.15) is 5.75 Å². The minimum absolute atomic E-state index is 0.0757. The first-order valence-corrected chi connectivity index (χ1v) is 9.27. The van der Waals surface area contributed by atoms with Crippen LogP contribution in [-0.4, -0.2) is 15.9 Å². The van der Waals surface area contributed by atoms with Gasteiger partial charge in [-0.05, 0) is 49.1 Å². The van der Waals surface area contributed by atoms with Gasteiger partial charge in [0.05, 0.1) is 5.92 Å². The molecule has 1 aromatic heterocycles. The topological polar surface area (TPSA) is 52.1 Å². The molecule has 1 aromatic carbocycles. The van der Waals surface area contributed by atoms with E-state index in [0.29, 0.717) is 11.6 Å². The first kappa shape index (κ1) is 19.1. The molecule has 1 atom stereocenters. The third-order valence-corrected chi connectivity index (χ3v) is 4.23. The van der Waals surface area contributed by atoms with Gasteiger partial charge < -0.3 is 4.74 Å². The Bertz CT molecular complexity index is 651. The first-order valence-electron chi connectivity index (χ1n) is 9.27. The highest BCUT2D eigenvalue weighted by Gasteiger charge is 2.14. The Balaban J connectivity index is 1.96. The molecule has 0 amide bonds. The predicted octanol–water partition coefficient (Wildman–Crippen LogP) is 5.22. The molecule has 2 rings (SSSR count). The second-order valence-corrected chi connectivity index (χ2v) is 6.51.